The van der Waals surface area contributed by atoms with Crippen LogP contribution in [0.1, 0.15) is 5.56 Å². The van der Waals surface area contributed by atoms with E-state index >= 15 is 0 Å². The molecule has 0 aliphatic rings. The summed E-state index contributed by atoms with van der Waals surface area (Å²) in [5.74, 6) is 1.13. The van der Waals surface area contributed by atoms with E-state index in [9.17, 15) is 9.90 Å². The first-order chi connectivity index (χ1) is 13.2. The van der Waals surface area contributed by atoms with Gasteiger partial charge in [0.1, 0.15) is 5.75 Å². The molecular formula is C22H22N2O3. The van der Waals surface area contributed by atoms with Crippen LogP contribution in [0.15, 0.2) is 78.9 Å². The molecule has 27 heavy (non-hydrogen) atoms. The second kappa shape index (κ2) is 8.87. The van der Waals surface area contributed by atoms with Crippen molar-refractivity contribution >= 4 is 17.3 Å². The summed E-state index contributed by atoms with van der Waals surface area (Å²) in [6.45, 7) is 0.145. The molecule has 3 aromatic rings. The highest BCUT2D eigenvalue weighted by molar-refractivity contribution is 5.95. The molecule has 0 aromatic heterocycles. The Morgan fingerprint density at radius 2 is 1.74 bits per heavy atom. The Labute approximate surface area is 158 Å². The van der Waals surface area contributed by atoms with Crippen molar-refractivity contribution in [3.05, 3.63) is 84.4 Å². The van der Waals surface area contributed by atoms with E-state index in [4.69, 9.17) is 4.74 Å². The molecule has 0 unspecified atom stereocenters. The number of anilines is 2. The van der Waals surface area contributed by atoms with Crippen molar-refractivity contribution in [1.29, 1.82) is 0 Å². The third-order valence-corrected chi connectivity index (χ3v) is 4.05. The maximum atomic E-state index is 12.5. The number of likely N-dealkylation sites (N-methyl/N-ethyl adjacent to an activating group) is 1. The predicted molar refractivity (Wildman–Crippen MR) is 107 cm³/mol. The van der Waals surface area contributed by atoms with E-state index in [-0.39, 0.29) is 19.1 Å². The largest absolute Gasteiger partial charge is 0.455 e. The van der Waals surface area contributed by atoms with Gasteiger partial charge in [0, 0.05) is 12.7 Å². The second-order valence-electron chi connectivity index (χ2n) is 6.14. The predicted octanol–water partition coefficient (Wildman–Crippen LogP) is 4.05. The molecule has 0 aliphatic carbocycles. The van der Waals surface area contributed by atoms with Crippen LogP contribution in [0.4, 0.5) is 11.4 Å². The van der Waals surface area contributed by atoms with Crippen LogP contribution in [-0.4, -0.2) is 24.6 Å². The highest BCUT2D eigenvalue weighted by Crippen LogP contribution is 2.29. The molecule has 0 atom stereocenters. The standard InChI is InChI=1S/C22H22N2O3/c1-24(18-9-7-8-17(14-18)16-25)15-22(26)23-20-12-5-6-13-21(20)27-19-10-3-2-4-11-19/h2-14,25H,15-16H2,1H3,(H,23,26). The molecular weight excluding hydrogens is 340 g/mol. The van der Waals surface area contributed by atoms with Gasteiger partial charge in [-0.05, 0) is 42.0 Å². The van der Waals surface area contributed by atoms with Crippen LogP contribution in [0, 0.1) is 0 Å². The summed E-state index contributed by atoms with van der Waals surface area (Å²) in [6.07, 6.45) is 0. The Bertz CT molecular complexity index is 897. The van der Waals surface area contributed by atoms with Gasteiger partial charge in [-0.1, -0.05) is 42.5 Å². The van der Waals surface area contributed by atoms with Crippen LogP contribution in [-0.2, 0) is 11.4 Å². The maximum absolute atomic E-state index is 12.5. The first-order valence-electron chi connectivity index (χ1n) is 8.68. The van der Waals surface area contributed by atoms with Crippen LogP contribution in [0.3, 0.4) is 0 Å². The van der Waals surface area contributed by atoms with Gasteiger partial charge in [0.25, 0.3) is 0 Å². The molecule has 3 rings (SSSR count). The Balaban J connectivity index is 1.67. The van der Waals surface area contributed by atoms with Gasteiger partial charge in [-0.25, -0.2) is 0 Å². The average molecular weight is 362 g/mol. The average Bonchev–Trinajstić information content (AvgIpc) is 2.70. The maximum Gasteiger partial charge on any atom is 0.243 e. The Morgan fingerprint density at radius 3 is 2.52 bits per heavy atom. The van der Waals surface area contributed by atoms with E-state index in [2.05, 4.69) is 5.32 Å². The zero-order valence-corrected chi connectivity index (χ0v) is 15.1. The third kappa shape index (κ3) is 5.09. The molecule has 1 amide bonds. The Hall–Kier alpha value is -3.31. The van der Waals surface area contributed by atoms with E-state index in [0.29, 0.717) is 17.2 Å². The number of aliphatic hydroxyl groups excluding tert-OH is 1. The van der Waals surface area contributed by atoms with Gasteiger partial charge in [-0.2, -0.15) is 0 Å². The molecule has 0 radical (unpaired) electrons. The highest BCUT2D eigenvalue weighted by Gasteiger charge is 2.11. The van der Waals surface area contributed by atoms with Gasteiger partial charge in [0.15, 0.2) is 5.75 Å². The van der Waals surface area contributed by atoms with Crippen molar-refractivity contribution in [3.8, 4) is 11.5 Å². The molecule has 0 heterocycles. The lowest BCUT2D eigenvalue weighted by molar-refractivity contribution is -0.114. The summed E-state index contributed by atoms with van der Waals surface area (Å²) in [4.78, 5) is 14.3. The molecule has 0 aliphatic heterocycles. The monoisotopic (exact) mass is 362 g/mol. The molecule has 0 saturated carbocycles. The van der Waals surface area contributed by atoms with Gasteiger partial charge in [-0.15, -0.1) is 0 Å². The van der Waals surface area contributed by atoms with Gasteiger partial charge in [0.05, 0.1) is 18.8 Å². The van der Waals surface area contributed by atoms with Crippen LogP contribution >= 0.6 is 0 Å². The first kappa shape index (κ1) is 18.5. The molecule has 2 N–H and O–H groups in total. The number of rotatable bonds is 7. The molecule has 138 valence electrons. The molecule has 5 heteroatoms. The molecule has 0 fully saturated rings. The van der Waals surface area contributed by atoms with Gasteiger partial charge in [0.2, 0.25) is 5.91 Å². The van der Waals surface area contributed by atoms with Gasteiger partial charge < -0.3 is 20.1 Å². The molecule has 0 saturated heterocycles. The highest BCUT2D eigenvalue weighted by atomic mass is 16.5. The van der Waals surface area contributed by atoms with E-state index in [1.54, 1.807) is 0 Å². The van der Waals surface area contributed by atoms with Crippen molar-refractivity contribution in [1.82, 2.24) is 0 Å². The number of nitrogens with zero attached hydrogens (tertiary/aromatic N) is 1. The van der Waals surface area contributed by atoms with Gasteiger partial charge in [-0.3, -0.25) is 4.79 Å². The van der Waals surface area contributed by atoms with E-state index < -0.39 is 0 Å². The summed E-state index contributed by atoms with van der Waals surface area (Å²) >= 11 is 0. The minimum absolute atomic E-state index is 0.0297. The summed E-state index contributed by atoms with van der Waals surface area (Å²) in [5.41, 5.74) is 2.29. The van der Waals surface area contributed by atoms with E-state index in [0.717, 1.165) is 11.3 Å². The van der Waals surface area contributed by atoms with Crippen molar-refractivity contribution in [2.45, 2.75) is 6.61 Å². The summed E-state index contributed by atoms with van der Waals surface area (Å²) in [7, 11) is 1.84. The quantitative estimate of drug-likeness (QED) is 0.666. The number of benzene rings is 3. The van der Waals surface area contributed by atoms with Gasteiger partial charge >= 0.3 is 0 Å². The topological polar surface area (TPSA) is 61.8 Å². The lowest BCUT2D eigenvalue weighted by Gasteiger charge is -2.20. The Kier molecular flexibility index (Phi) is 6.07. The van der Waals surface area contributed by atoms with Crippen LogP contribution in [0.5, 0.6) is 11.5 Å². The minimum atomic E-state index is -0.156. The minimum Gasteiger partial charge on any atom is -0.455 e. The van der Waals surface area contributed by atoms with Crippen LogP contribution in [0.25, 0.3) is 0 Å². The number of carbonyl (C=O) groups excluding carboxylic acids is 1. The zero-order valence-electron chi connectivity index (χ0n) is 15.1. The van der Waals surface area contributed by atoms with Crippen molar-refractivity contribution in [2.75, 3.05) is 23.8 Å². The van der Waals surface area contributed by atoms with E-state index in [1.165, 1.54) is 0 Å². The molecule has 3 aromatic carbocycles. The molecule has 0 spiro atoms. The smallest absolute Gasteiger partial charge is 0.243 e. The number of hydrogen-bond acceptors (Lipinski definition) is 4. The Morgan fingerprint density at radius 1 is 1.00 bits per heavy atom. The van der Waals surface area contributed by atoms with Crippen LogP contribution < -0.4 is 15.0 Å². The fourth-order valence-corrected chi connectivity index (χ4v) is 2.66. The fourth-order valence-electron chi connectivity index (χ4n) is 2.66. The zero-order chi connectivity index (χ0) is 19.1. The number of aliphatic hydroxyl groups is 1. The van der Waals surface area contributed by atoms with Crippen molar-refractivity contribution < 1.29 is 14.6 Å². The second-order valence-corrected chi connectivity index (χ2v) is 6.14. The number of ether oxygens (including phenoxy) is 1. The first-order valence-corrected chi connectivity index (χ1v) is 8.68. The SMILES string of the molecule is CN(CC(=O)Nc1ccccc1Oc1ccccc1)c1cccc(CO)c1. The van der Waals surface area contributed by atoms with E-state index in [1.807, 2.05) is 90.8 Å². The fraction of sp³-hybridized carbons (Fsp3) is 0.136. The number of amides is 1. The number of hydrogen-bond donors (Lipinski definition) is 2. The van der Waals surface area contributed by atoms with Crippen molar-refractivity contribution in [2.24, 2.45) is 0 Å². The summed E-state index contributed by atoms with van der Waals surface area (Å²) < 4.78 is 5.87. The molecule has 0 bridgehead atoms. The molecule has 5 nitrogen and oxygen atoms in total. The summed E-state index contributed by atoms with van der Waals surface area (Å²) in [6, 6.07) is 24.2. The lowest BCUT2D eigenvalue weighted by atomic mass is 10.2. The number of para-hydroxylation sites is 3. The third-order valence-electron chi connectivity index (χ3n) is 4.05. The number of nitrogens with one attached hydrogen (secondary N) is 1. The normalized spacial score (nSPS) is 10.3. The van der Waals surface area contributed by atoms with Crippen LogP contribution in [0.2, 0.25) is 0 Å². The number of carbonyl (C=O) groups is 1. The lowest BCUT2D eigenvalue weighted by Crippen LogP contribution is -2.30. The summed E-state index contributed by atoms with van der Waals surface area (Å²) in [5, 5.41) is 12.2. The van der Waals surface area contributed by atoms with Crippen molar-refractivity contribution in [3.63, 3.8) is 0 Å².